The minimum Gasteiger partial charge on any atom is -0.316 e. The third-order valence-corrected chi connectivity index (χ3v) is 3.75. The summed E-state index contributed by atoms with van der Waals surface area (Å²) in [6.07, 6.45) is 1.89. The number of amides is 1. The second-order valence-corrected chi connectivity index (χ2v) is 5.16. The number of anilines is 1. The Labute approximate surface area is 116 Å². The maximum atomic E-state index is 13.2. The van der Waals surface area contributed by atoms with Crippen molar-refractivity contribution in [3.63, 3.8) is 0 Å². The van der Waals surface area contributed by atoms with Gasteiger partial charge in [-0.2, -0.15) is 0 Å². The van der Waals surface area contributed by atoms with Gasteiger partial charge in [0.2, 0.25) is 11.9 Å². The van der Waals surface area contributed by atoms with Crippen LogP contribution in [-0.4, -0.2) is 28.5 Å². The van der Waals surface area contributed by atoms with E-state index in [4.69, 9.17) is 0 Å². The summed E-state index contributed by atoms with van der Waals surface area (Å²) >= 11 is 0. The van der Waals surface area contributed by atoms with Crippen molar-refractivity contribution in [1.82, 2.24) is 14.9 Å². The molecule has 0 spiro atoms. The van der Waals surface area contributed by atoms with Crippen LogP contribution in [0.1, 0.15) is 12.8 Å². The first-order valence-corrected chi connectivity index (χ1v) is 6.79. The van der Waals surface area contributed by atoms with Crippen LogP contribution in [0.4, 0.5) is 10.3 Å². The number of hydrogen-bond acceptors (Lipinski definition) is 3. The number of hydrogen-bond donors (Lipinski definition) is 2. The van der Waals surface area contributed by atoms with Crippen molar-refractivity contribution >= 4 is 22.9 Å². The van der Waals surface area contributed by atoms with Gasteiger partial charge in [0.05, 0.1) is 17.0 Å². The Hall–Kier alpha value is -1.95. The number of nitrogens with one attached hydrogen (secondary N) is 2. The van der Waals surface area contributed by atoms with Crippen molar-refractivity contribution in [2.75, 3.05) is 18.4 Å². The van der Waals surface area contributed by atoms with E-state index in [1.54, 1.807) is 10.6 Å². The molecule has 1 atom stereocenters. The van der Waals surface area contributed by atoms with E-state index in [2.05, 4.69) is 15.6 Å². The van der Waals surface area contributed by atoms with Gasteiger partial charge in [-0.1, -0.05) is 0 Å². The van der Waals surface area contributed by atoms with Gasteiger partial charge >= 0.3 is 0 Å². The van der Waals surface area contributed by atoms with E-state index in [0.717, 1.165) is 24.9 Å². The van der Waals surface area contributed by atoms with Crippen molar-refractivity contribution in [2.45, 2.75) is 12.8 Å². The molecule has 6 heteroatoms. The molecule has 0 saturated carbocycles. The van der Waals surface area contributed by atoms with E-state index in [9.17, 15) is 9.18 Å². The van der Waals surface area contributed by atoms with Crippen LogP contribution in [0, 0.1) is 11.7 Å². The van der Waals surface area contributed by atoms with Crippen molar-refractivity contribution in [2.24, 2.45) is 13.0 Å². The summed E-state index contributed by atoms with van der Waals surface area (Å²) in [5, 5.41) is 6.05. The Morgan fingerprint density at radius 2 is 2.40 bits per heavy atom. The predicted octanol–water partition coefficient (Wildman–Crippen LogP) is 1.65. The molecule has 1 aromatic carbocycles. The van der Waals surface area contributed by atoms with Gasteiger partial charge in [-0.15, -0.1) is 0 Å². The monoisotopic (exact) mass is 276 g/mol. The lowest BCUT2D eigenvalue weighted by Crippen LogP contribution is -2.37. The Balaban J connectivity index is 1.83. The van der Waals surface area contributed by atoms with Gasteiger partial charge < -0.3 is 9.88 Å². The van der Waals surface area contributed by atoms with Crippen molar-refractivity contribution in [3.05, 3.63) is 24.0 Å². The van der Waals surface area contributed by atoms with Crippen LogP contribution in [-0.2, 0) is 11.8 Å². The molecule has 2 heterocycles. The highest BCUT2D eigenvalue weighted by Gasteiger charge is 2.22. The minimum absolute atomic E-state index is 0.0275. The number of benzene rings is 1. The summed E-state index contributed by atoms with van der Waals surface area (Å²) in [6, 6.07) is 4.42. The Morgan fingerprint density at radius 1 is 1.55 bits per heavy atom. The van der Waals surface area contributed by atoms with E-state index in [1.165, 1.54) is 12.1 Å². The second-order valence-electron chi connectivity index (χ2n) is 5.16. The van der Waals surface area contributed by atoms with Crippen molar-refractivity contribution < 1.29 is 9.18 Å². The maximum absolute atomic E-state index is 13.2. The first-order chi connectivity index (χ1) is 9.65. The summed E-state index contributed by atoms with van der Waals surface area (Å²) < 4.78 is 15.0. The fourth-order valence-corrected chi connectivity index (χ4v) is 2.57. The minimum atomic E-state index is -0.329. The van der Waals surface area contributed by atoms with Crippen LogP contribution in [0.25, 0.3) is 11.0 Å². The number of carbonyl (C=O) groups is 1. The molecule has 3 rings (SSSR count). The predicted molar refractivity (Wildman–Crippen MR) is 74.9 cm³/mol. The SMILES string of the molecule is Cn1c(NC(=O)C2CCCNC2)nc2cc(F)ccc21. The molecule has 0 radical (unpaired) electrons. The van der Waals surface area contributed by atoms with E-state index < -0.39 is 0 Å². The molecule has 5 nitrogen and oxygen atoms in total. The normalized spacial score (nSPS) is 19.2. The maximum Gasteiger partial charge on any atom is 0.231 e. The number of aromatic nitrogens is 2. The number of rotatable bonds is 2. The summed E-state index contributed by atoms with van der Waals surface area (Å²) in [5.74, 6) is 0.0718. The van der Waals surface area contributed by atoms with Crippen LogP contribution in [0.2, 0.25) is 0 Å². The smallest absolute Gasteiger partial charge is 0.231 e. The molecule has 2 aromatic rings. The topological polar surface area (TPSA) is 59.0 Å². The molecule has 1 aromatic heterocycles. The van der Waals surface area contributed by atoms with Gasteiger partial charge in [-0.3, -0.25) is 10.1 Å². The van der Waals surface area contributed by atoms with Crippen LogP contribution in [0.5, 0.6) is 0 Å². The van der Waals surface area contributed by atoms with E-state index in [0.29, 0.717) is 18.0 Å². The summed E-state index contributed by atoms with van der Waals surface area (Å²) in [7, 11) is 1.81. The summed E-state index contributed by atoms with van der Waals surface area (Å²) in [4.78, 5) is 16.5. The highest BCUT2D eigenvalue weighted by molar-refractivity contribution is 5.93. The summed E-state index contributed by atoms with van der Waals surface area (Å²) in [6.45, 7) is 1.67. The van der Waals surface area contributed by atoms with E-state index >= 15 is 0 Å². The Morgan fingerprint density at radius 3 is 3.15 bits per heavy atom. The average molecular weight is 276 g/mol. The molecule has 0 bridgehead atoms. The third kappa shape index (κ3) is 2.38. The molecule has 1 fully saturated rings. The zero-order valence-corrected chi connectivity index (χ0v) is 11.3. The van der Waals surface area contributed by atoms with Crippen molar-refractivity contribution in [3.8, 4) is 0 Å². The molecule has 1 unspecified atom stereocenters. The first kappa shape index (κ1) is 13.1. The molecule has 1 saturated heterocycles. The third-order valence-electron chi connectivity index (χ3n) is 3.75. The molecule has 1 aliphatic heterocycles. The lowest BCUT2D eigenvalue weighted by atomic mass is 9.99. The van der Waals surface area contributed by atoms with Crippen LogP contribution >= 0.6 is 0 Å². The van der Waals surface area contributed by atoms with Gasteiger partial charge in [0, 0.05) is 19.7 Å². The van der Waals surface area contributed by atoms with Gasteiger partial charge in [0.15, 0.2) is 0 Å². The Bertz CT molecular complexity index is 646. The second kappa shape index (κ2) is 5.20. The number of fused-ring (bicyclic) bond motifs is 1. The van der Waals surface area contributed by atoms with Crippen molar-refractivity contribution in [1.29, 1.82) is 0 Å². The zero-order valence-electron chi connectivity index (χ0n) is 11.3. The molecule has 106 valence electrons. The molecular weight excluding hydrogens is 259 g/mol. The molecule has 2 N–H and O–H groups in total. The van der Waals surface area contributed by atoms with Crippen LogP contribution in [0.3, 0.4) is 0 Å². The number of imidazole rings is 1. The fourth-order valence-electron chi connectivity index (χ4n) is 2.57. The van der Waals surface area contributed by atoms with E-state index in [-0.39, 0.29) is 17.6 Å². The molecular formula is C14H17FN4O. The number of aryl methyl sites for hydroxylation is 1. The molecule has 1 amide bonds. The zero-order chi connectivity index (χ0) is 14.1. The quantitative estimate of drug-likeness (QED) is 0.877. The van der Waals surface area contributed by atoms with Gasteiger partial charge in [0.1, 0.15) is 5.82 Å². The average Bonchev–Trinajstić information content (AvgIpc) is 2.75. The van der Waals surface area contributed by atoms with E-state index in [1.807, 2.05) is 7.05 Å². The van der Waals surface area contributed by atoms with Crippen LogP contribution in [0.15, 0.2) is 18.2 Å². The lowest BCUT2D eigenvalue weighted by Gasteiger charge is -2.21. The molecule has 1 aliphatic rings. The van der Waals surface area contributed by atoms with Gasteiger partial charge in [0.25, 0.3) is 0 Å². The molecule has 20 heavy (non-hydrogen) atoms. The lowest BCUT2D eigenvalue weighted by molar-refractivity contribution is -0.120. The number of piperidine rings is 1. The largest absolute Gasteiger partial charge is 0.316 e. The number of carbonyl (C=O) groups excluding carboxylic acids is 1. The molecule has 0 aliphatic carbocycles. The fraction of sp³-hybridized carbons (Fsp3) is 0.429. The van der Waals surface area contributed by atoms with Crippen LogP contribution < -0.4 is 10.6 Å². The summed E-state index contributed by atoms with van der Waals surface area (Å²) in [5.41, 5.74) is 1.34. The standard InChI is InChI=1S/C14H17FN4O/c1-19-12-5-4-10(15)7-11(12)17-14(19)18-13(20)9-3-2-6-16-8-9/h4-5,7,9,16H,2-3,6,8H2,1H3,(H,17,18,20). The van der Waals surface area contributed by atoms with Gasteiger partial charge in [-0.05, 0) is 31.5 Å². The van der Waals surface area contributed by atoms with Gasteiger partial charge in [-0.25, -0.2) is 9.37 Å². The number of halogens is 1. The Kier molecular flexibility index (Phi) is 3.40. The first-order valence-electron chi connectivity index (χ1n) is 6.79. The number of nitrogens with zero attached hydrogens (tertiary/aromatic N) is 2. The highest BCUT2D eigenvalue weighted by Crippen LogP contribution is 2.20. The highest BCUT2D eigenvalue weighted by atomic mass is 19.1.